The van der Waals surface area contributed by atoms with Gasteiger partial charge in [0.1, 0.15) is 0 Å². The second-order valence-electron chi connectivity index (χ2n) is 7.23. The Balaban J connectivity index is 1.46. The summed E-state index contributed by atoms with van der Waals surface area (Å²) in [6.45, 7) is 3.89. The molecule has 1 unspecified atom stereocenters. The van der Waals surface area contributed by atoms with Crippen LogP contribution in [0.4, 0.5) is 13.6 Å². The molecular weight excluding hydrogens is 314 g/mol. The average Bonchev–Trinajstić information content (AvgIpc) is 3.00. The Kier molecular flexibility index (Phi) is 5.06. The summed E-state index contributed by atoms with van der Waals surface area (Å²) in [4.78, 5) is 14.2. The number of carbonyl (C=O) groups is 1. The maximum atomic E-state index is 13.2. The largest absolute Gasteiger partial charge is 0.338 e. The minimum absolute atomic E-state index is 0.0576. The van der Waals surface area contributed by atoms with E-state index < -0.39 is 5.92 Å². The summed E-state index contributed by atoms with van der Waals surface area (Å²) in [7, 11) is 0. The van der Waals surface area contributed by atoms with Crippen molar-refractivity contribution in [1.29, 1.82) is 0 Å². The maximum absolute atomic E-state index is 13.2. The normalized spacial score (nSPS) is 24.8. The summed E-state index contributed by atoms with van der Waals surface area (Å²) >= 11 is 0. The van der Waals surface area contributed by atoms with Crippen LogP contribution in [0.15, 0.2) is 12.4 Å². The van der Waals surface area contributed by atoms with Crippen LogP contribution in [-0.4, -0.2) is 46.3 Å². The number of carbonyl (C=O) groups excluding carboxylic acids is 1. The van der Waals surface area contributed by atoms with Crippen molar-refractivity contribution in [2.45, 2.75) is 57.4 Å². The van der Waals surface area contributed by atoms with E-state index in [1.54, 1.807) is 0 Å². The van der Waals surface area contributed by atoms with Gasteiger partial charge in [-0.2, -0.15) is 5.10 Å². The highest BCUT2D eigenvalue weighted by Gasteiger charge is 2.35. The minimum Gasteiger partial charge on any atom is -0.338 e. The smallest absolute Gasteiger partial charge is 0.317 e. The number of alkyl halides is 2. The van der Waals surface area contributed by atoms with E-state index in [4.69, 9.17) is 0 Å². The Hall–Kier alpha value is -1.66. The van der Waals surface area contributed by atoms with Gasteiger partial charge in [-0.1, -0.05) is 0 Å². The lowest BCUT2D eigenvalue weighted by Crippen LogP contribution is -2.47. The van der Waals surface area contributed by atoms with Gasteiger partial charge in [0.15, 0.2) is 0 Å². The van der Waals surface area contributed by atoms with Crippen molar-refractivity contribution in [3.63, 3.8) is 0 Å². The van der Waals surface area contributed by atoms with Crippen LogP contribution < -0.4 is 5.32 Å². The van der Waals surface area contributed by atoms with Gasteiger partial charge < -0.3 is 10.2 Å². The zero-order chi connectivity index (χ0) is 17.2. The molecule has 1 aliphatic heterocycles. The van der Waals surface area contributed by atoms with Crippen LogP contribution >= 0.6 is 0 Å². The fourth-order valence-corrected chi connectivity index (χ4v) is 3.64. The molecule has 1 aliphatic carbocycles. The zero-order valence-corrected chi connectivity index (χ0v) is 14.2. The number of nitrogens with one attached hydrogen (secondary N) is 1. The van der Waals surface area contributed by atoms with Gasteiger partial charge in [0.25, 0.3) is 0 Å². The quantitative estimate of drug-likeness (QED) is 0.917. The van der Waals surface area contributed by atoms with E-state index in [1.807, 2.05) is 28.9 Å². The number of rotatable bonds is 3. The number of aromatic nitrogens is 2. The van der Waals surface area contributed by atoms with Crippen LogP contribution in [0, 0.1) is 12.8 Å². The number of nitrogens with zero attached hydrogens (tertiary/aromatic N) is 3. The number of halogens is 2. The topological polar surface area (TPSA) is 50.2 Å². The van der Waals surface area contributed by atoms with E-state index >= 15 is 0 Å². The molecule has 24 heavy (non-hydrogen) atoms. The first-order valence-electron chi connectivity index (χ1n) is 8.84. The van der Waals surface area contributed by atoms with Crippen molar-refractivity contribution in [3.8, 4) is 0 Å². The standard InChI is InChI=1S/C17H26F2N4O/c1-13-9-21-23(11-13)15-3-2-8-22(12-15)16(24)20-10-14-4-6-17(18,19)7-5-14/h9,11,14-15H,2-8,10,12H2,1H3,(H,20,24). The van der Waals surface area contributed by atoms with Crippen molar-refractivity contribution < 1.29 is 13.6 Å². The van der Waals surface area contributed by atoms with Gasteiger partial charge in [-0.25, -0.2) is 13.6 Å². The number of urea groups is 1. The van der Waals surface area contributed by atoms with Gasteiger partial charge >= 0.3 is 6.03 Å². The lowest BCUT2D eigenvalue weighted by Gasteiger charge is -2.34. The van der Waals surface area contributed by atoms with Gasteiger partial charge in [-0.3, -0.25) is 4.68 Å². The number of amides is 2. The van der Waals surface area contributed by atoms with Gasteiger partial charge in [0.05, 0.1) is 12.2 Å². The second kappa shape index (κ2) is 7.07. The van der Waals surface area contributed by atoms with Gasteiger partial charge in [-0.05, 0) is 44.1 Å². The van der Waals surface area contributed by atoms with Gasteiger partial charge in [0, 0.05) is 38.7 Å². The predicted molar refractivity (Wildman–Crippen MR) is 87.1 cm³/mol. The van der Waals surface area contributed by atoms with Crippen LogP contribution in [0.3, 0.4) is 0 Å². The average molecular weight is 340 g/mol. The van der Waals surface area contributed by atoms with Gasteiger partial charge in [0.2, 0.25) is 5.92 Å². The molecule has 0 radical (unpaired) electrons. The molecule has 1 aromatic rings. The van der Waals surface area contributed by atoms with Crippen molar-refractivity contribution in [3.05, 3.63) is 18.0 Å². The lowest BCUT2D eigenvalue weighted by molar-refractivity contribution is -0.0452. The third kappa shape index (κ3) is 4.24. The molecule has 5 nitrogen and oxygen atoms in total. The first-order chi connectivity index (χ1) is 11.4. The fourth-order valence-electron chi connectivity index (χ4n) is 3.64. The Bertz CT molecular complexity index is 565. The lowest BCUT2D eigenvalue weighted by atomic mass is 9.87. The van der Waals surface area contributed by atoms with Crippen LogP contribution in [0.25, 0.3) is 0 Å². The molecule has 1 saturated heterocycles. The Labute approximate surface area is 141 Å². The first-order valence-corrected chi connectivity index (χ1v) is 8.84. The van der Waals surface area contributed by atoms with Crippen LogP contribution in [0.2, 0.25) is 0 Å². The maximum Gasteiger partial charge on any atom is 0.317 e. The van der Waals surface area contributed by atoms with Crippen molar-refractivity contribution in [2.24, 2.45) is 5.92 Å². The van der Waals surface area contributed by atoms with E-state index in [1.165, 1.54) is 0 Å². The third-order valence-electron chi connectivity index (χ3n) is 5.17. The summed E-state index contributed by atoms with van der Waals surface area (Å²) in [5.74, 6) is -2.34. The van der Waals surface area contributed by atoms with Crippen LogP contribution in [0.1, 0.15) is 50.1 Å². The molecule has 1 N–H and O–H groups in total. The van der Waals surface area contributed by atoms with Crippen molar-refractivity contribution >= 4 is 6.03 Å². The van der Waals surface area contributed by atoms with Crippen LogP contribution in [-0.2, 0) is 0 Å². The molecule has 0 bridgehead atoms. The second-order valence-corrected chi connectivity index (χ2v) is 7.23. The van der Waals surface area contributed by atoms with E-state index in [0.717, 1.165) is 24.9 Å². The van der Waals surface area contributed by atoms with E-state index in [2.05, 4.69) is 10.4 Å². The minimum atomic E-state index is -2.51. The summed E-state index contributed by atoms with van der Waals surface area (Å²) < 4.78 is 28.3. The van der Waals surface area contributed by atoms with E-state index in [9.17, 15) is 13.6 Å². The monoisotopic (exact) mass is 340 g/mol. The Morgan fingerprint density at radius 2 is 2.12 bits per heavy atom. The number of likely N-dealkylation sites (tertiary alicyclic amines) is 1. The van der Waals surface area contributed by atoms with Crippen molar-refractivity contribution in [2.75, 3.05) is 19.6 Å². The molecule has 2 amide bonds. The first kappa shape index (κ1) is 17.2. The zero-order valence-electron chi connectivity index (χ0n) is 14.2. The SMILES string of the molecule is Cc1cnn(C2CCCN(C(=O)NCC3CCC(F)(F)CC3)C2)c1. The highest BCUT2D eigenvalue weighted by Crippen LogP contribution is 2.35. The summed E-state index contributed by atoms with van der Waals surface area (Å²) in [6.07, 6.45) is 6.67. The number of aryl methyl sites for hydroxylation is 1. The molecule has 1 aromatic heterocycles. The Morgan fingerprint density at radius 3 is 2.79 bits per heavy atom. The van der Waals surface area contributed by atoms with E-state index in [0.29, 0.717) is 25.9 Å². The molecule has 7 heteroatoms. The highest BCUT2D eigenvalue weighted by atomic mass is 19.3. The third-order valence-corrected chi connectivity index (χ3v) is 5.17. The molecular formula is C17H26F2N4O. The van der Waals surface area contributed by atoms with Crippen LogP contribution in [0.5, 0.6) is 0 Å². The molecule has 0 aromatic carbocycles. The van der Waals surface area contributed by atoms with E-state index in [-0.39, 0.29) is 30.8 Å². The molecule has 2 heterocycles. The predicted octanol–water partition coefficient (Wildman–Crippen LogP) is 3.36. The van der Waals surface area contributed by atoms with Gasteiger partial charge in [-0.15, -0.1) is 0 Å². The Morgan fingerprint density at radius 1 is 1.38 bits per heavy atom. The number of hydrogen-bond acceptors (Lipinski definition) is 2. The molecule has 1 atom stereocenters. The number of hydrogen-bond donors (Lipinski definition) is 1. The summed E-state index contributed by atoms with van der Waals surface area (Å²) in [5.41, 5.74) is 1.12. The number of piperidine rings is 1. The molecule has 0 spiro atoms. The highest BCUT2D eigenvalue weighted by molar-refractivity contribution is 5.74. The molecule has 3 rings (SSSR count). The summed E-state index contributed by atoms with van der Waals surface area (Å²) in [5, 5.41) is 7.29. The molecule has 2 fully saturated rings. The molecule has 2 aliphatic rings. The fraction of sp³-hybridized carbons (Fsp3) is 0.765. The van der Waals surface area contributed by atoms with Crippen molar-refractivity contribution in [1.82, 2.24) is 20.0 Å². The molecule has 134 valence electrons. The summed E-state index contributed by atoms with van der Waals surface area (Å²) in [6, 6.07) is 0.132. The molecule has 1 saturated carbocycles.